The second-order valence-electron chi connectivity index (χ2n) is 4.23. The van der Waals surface area contributed by atoms with Gasteiger partial charge in [0.05, 0.1) is 6.07 Å². The molecule has 0 amide bonds. The van der Waals surface area contributed by atoms with Crippen LogP contribution in [0.2, 0.25) is 0 Å². The third-order valence-corrected chi connectivity index (χ3v) is 4.35. The highest BCUT2D eigenvalue weighted by Gasteiger charge is 2.33. The van der Waals surface area contributed by atoms with Gasteiger partial charge in [-0.3, -0.25) is 0 Å². The summed E-state index contributed by atoms with van der Waals surface area (Å²) in [4.78, 5) is 0.864. The van der Waals surface area contributed by atoms with Crippen LogP contribution in [0, 0.1) is 17.1 Å². The fourth-order valence-corrected chi connectivity index (χ4v) is 3.42. The Hall–Kier alpha value is -1.01. The molecule has 0 aliphatic heterocycles. The number of hydrogen-bond donors (Lipinski definition) is 0. The largest absolute Gasteiger partial charge is 0.207 e. The molecule has 0 N–H and O–H groups in total. The van der Waals surface area contributed by atoms with Crippen molar-refractivity contribution in [2.45, 2.75) is 41.7 Å². The number of hydrogen-bond acceptors (Lipinski definition) is 2. The van der Waals surface area contributed by atoms with Gasteiger partial charge in [0.2, 0.25) is 0 Å². The van der Waals surface area contributed by atoms with Crippen molar-refractivity contribution in [2.75, 3.05) is 0 Å². The molecule has 0 atom stereocenters. The molecule has 0 radical (unpaired) electrons. The fourth-order valence-electron chi connectivity index (χ4n) is 2.12. The molecule has 0 saturated heterocycles. The molecule has 0 bridgehead atoms. The van der Waals surface area contributed by atoms with E-state index in [9.17, 15) is 9.65 Å². The van der Waals surface area contributed by atoms with Crippen molar-refractivity contribution in [3.63, 3.8) is 0 Å². The van der Waals surface area contributed by atoms with Crippen molar-refractivity contribution in [3.8, 4) is 6.07 Å². The Bertz CT molecular complexity index is 405. The third-order valence-electron chi connectivity index (χ3n) is 2.97. The summed E-state index contributed by atoms with van der Waals surface area (Å²) in [6.45, 7) is 0. The van der Waals surface area contributed by atoms with Gasteiger partial charge in [-0.05, 0) is 31.0 Å². The minimum atomic E-state index is -0.327. The molecule has 1 aromatic rings. The lowest BCUT2D eigenvalue weighted by Gasteiger charge is -2.29. The van der Waals surface area contributed by atoms with Crippen LogP contribution in [0.3, 0.4) is 0 Å². The van der Waals surface area contributed by atoms with Gasteiger partial charge in [-0.2, -0.15) is 5.26 Å². The summed E-state index contributed by atoms with van der Waals surface area (Å²) in [6.07, 6.45) is 5.27. The van der Waals surface area contributed by atoms with Crippen molar-refractivity contribution in [1.29, 1.82) is 5.26 Å². The van der Waals surface area contributed by atoms with Crippen LogP contribution in [0.15, 0.2) is 29.2 Å². The molecule has 0 aromatic heterocycles. The van der Waals surface area contributed by atoms with Crippen LogP contribution in [0.5, 0.6) is 0 Å². The first kappa shape index (κ1) is 11.5. The van der Waals surface area contributed by atoms with E-state index in [1.807, 2.05) is 6.07 Å². The predicted octanol–water partition coefficient (Wildman–Crippen LogP) is 4.14. The molecule has 3 heteroatoms. The Labute approximate surface area is 99.7 Å². The van der Waals surface area contributed by atoms with Gasteiger partial charge in [0.1, 0.15) is 10.6 Å². The summed E-state index contributed by atoms with van der Waals surface area (Å²) in [5, 5.41) is 9.31. The summed E-state index contributed by atoms with van der Waals surface area (Å²) in [5.74, 6) is -0.228. The van der Waals surface area contributed by atoms with Crippen LogP contribution >= 0.6 is 11.8 Å². The van der Waals surface area contributed by atoms with E-state index >= 15 is 0 Å². The number of halogens is 1. The Morgan fingerprint density at radius 3 is 2.62 bits per heavy atom. The monoisotopic (exact) mass is 235 g/mol. The normalized spacial score (nSPS) is 19.0. The van der Waals surface area contributed by atoms with Crippen LogP contribution in [0.25, 0.3) is 0 Å². The molecule has 1 saturated carbocycles. The van der Waals surface area contributed by atoms with Crippen LogP contribution in [0.1, 0.15) is 32.1 Å². The van der Waals surface area contributed by atoms with Gasteiger partial charge in [0.15, 0.2) is 0 Å². The molecule has 2 rings (SSSR count). The smallest absolute Gasteiger partial charge is 0.124 e. The molecule has 0 heterocycles. The minimum Gasteiger partial charge on any atom is -0.207 e. The summed E-state index contributed by atoms with van der Waals surface area (Å²) in [7, 11) is 0. The van der Waals surface area contributed by atoms with Crippen molar-refractivity contribution in [3.05, 3.63) is 30.1 Å². The molecule has 1 aromatic carbocycles. The van der Waals surface area contributed by atoms with Crippen molar-refractivity contribution in [2.24, 2.45) is 0 Å². The Kier molecular flexibility index (Phi) is 3.50. The average molecular weight is 235 g/mol. The molecule has 84 valence electrons. The quantitative estimate of drug-likeness (QED) is 0.769. The van der Waals surface area contributed by atoms with Crippen molar-refractivity contribution in [1.82, 2.24) is 0 Å². The Balaban J connectivity index is 2.15. The van der Waals surface area contributed by atoms with E-state index in [2.05, 4.69) is 6.07 Å². The molecule has 1 aliphatic rings. The Morgan fingerprint density at radius 2 is 2.00 bits per heavy atom. The van der Waals surface area contributed by atoms with Gasteiger partial charge in [0.25, 0.3) is 0 Å². The van der Waals surface area contributed by atoms with Crippen molar-refractivity contribution >= 4 is 11.8 Å². The van der Waals surface area contributed by atoms with Crippen LogP contribution < -0.4 is 0 Å². The zero-order valence-electron chi connectivity index (χ0n) is 9.08. The van der Waals surface area contributed by atoms with Gasteiger partial charge >= 0.3 is 0 Å². The molecule has 1 fully saturated rings. The lowest BCUT2D eigenvalue weighted by molar-refractivity contribution is 0.459. The van der Waals surface area contributed by atoms with Crippen molar-refractivity contribution < 1.29 is 4.39 Å². The van der Waals surface area contributed by atoms with E-state index in [1.54, 1.807) is 6.07 Å². The third kappa shape index (κ3) is 2.56. The molecule has 0 unspecified atom stereocenters. The van der Waals surface area contributed by atoms with Gasteiger partial charge in [-0.1, -0.05) is 25.3 Å². The maximum Gasteiger partial charge on any atom is 0.124 e. The molecule has 0 spiro atoms. The first-order valence-corrected chi connectivity index (χ1v) is 6.42. The second-order valence-corrected chi connectivity index (χ2v) is 5.68. The maximum absolute atomic E-state index is 13.1. The first-order valence-electron chi connectivity index (χ1n) is 5.60. The van der Waals surface area contributed by atoms with Gasteiger partial charge in [-0.15, -0.1) is 11.8 Å². The lowest BCUT2D eigenvalue weighted by atomic mass is 9.89. The Morgan fingerprint density at radius 1 is 1.25 bits per heavy atom. The minimum absolute atomic E-state index is 0.228. The number of benzene rings is 1. The van der Waals surface area contributed by atoms with E-state index in [1.165, 1.54) is 30.3 Å². The topological polar surface area (TPSA) is 23.8 Å². The zero-order valence-corrected chi connectivity index (χ0v) is 9.89. The van der Waals surface area contributed by atoms with Crippen LogP contribution in [0.4, 0.5) is 4.39 Å². The fraction of sp³-hybridized carbons (Fsp3) is 0.462. The summed E-state index contributed by atoms with van der Waals surface area (Å²) in [6, 6.07) is 8.95. The molecule has 16 heavy (non-hydrogen) atoms. The highest BCUT2D eigenvalue weighted by molar-refractivity contribution is 8.01. The van der Waals surface area contributed by atoms with E-state index < -0.39 is 0 Å². The first-order chi connectivity index (χ1) is 7.74. The van der Waals surface area contributed by atoms with E-state index in [-0.39, 0.29) is 10.6 Å². The standard InChI is InChI=1S/C13H14FNS/c14-11-5-4-6-12(9-11)16-13(10-15)7-2-1-3-8-13/h4-6,9H,1-3,7-8H2. The van der Waals surface area contributed by atoms with Crippen LogP contribution in [-0.2, 0) is 0 Å². The highest BCUT2D eigenvalue weighted by Crippen LogP contribution is 2.43. The molecule has 1 nitrogen and oxygen atoms in total. The zero-order chi connectivity index (χ0) is 11.4. The average Bonchev–Trinajstić information content (AvgIpc) is 2.30. The molecular formula is C13H14FNS. The number of thioether (sulfide) groups is 1. The summed E-state index contributed by atoms with van der Waals surface area (Å²) < 4.78 is 12.7. The lowest BCUT2D eigenvalue weighted by Crippen LogP contribution is -2.25. The van der Waals surface area contributed by atoms with Crippen LogP contribution in [-0.4, -0.2) is 4.75 Å². The van der Waals surface area contributed by atoms with Gasteiger partial charge in [0, 0.05) is 4.90 Å². The summed E-state index contributed by atoms with van der Waals surface area (Å²) in [5.41, 5.74) is 0. The predicted molar refractivity (Wildman–Crippen MR) is 63.7 cm³/mol. The number of nitriles is 1. The van der Waals surface area contributed by atoms with E-state index in [0.717, 1.165) is 30.6 Å². The SMILES string of the molecule is N#CC1(Sc2cccc(F)c2)CCCCC1. The summed E-state index contributed by atoms with van der Waals surface area (Å²) >= 11 is 1.53. The maximum atomic E-state index is 13.1. The second kappa shape index (κ2) is 4.88. The van der Waals surface area contributed by atoms with E-state index in [4.69, 9.17) is 0 Å². The highest BCUT2D eigenvalue weighted by atomic mass is 32.2. The molecular weight excluding hydrogens is 221 g/mol. The number of rotatable bonds is 2. The van der Waals surface area contributed by atoms with Gasteiger partial charge < -0.3 is 0 Å². The molecule has 1 aliphatic carbocycles. The van der Waals surface area contributed by atoms with Gasteiger partial charge in [-0.25, -0.2) is 4.39 Å². The number of nitrogens with zero attached hydrogens (tertiary/aromatic N) is 1. The van der Waals surface area contributed by atoms with E-state index in [0.29, 0.717) is 0 Å².